The van der Waals surface area contributed by atoms with Gasteiger partial charge in [-0.05, 0) is 5.92 Å². The van der Waals surface area contributed by atoms with Crippen LogP contribution >= 0.6 is 24.0 Å². The lowest BCUT2D eigenvalue weighted by molar-refractivity contribution is -0.145. The van der Waals surface area contributed by atoms with Crippen molar-refractivity contribution in [3.63, 3.8) is 0 Å². The number of hydrogen-bond donors (Lipinski definition) is 1. The molecule has 1 saturated heterocycles. The first-order chi connectivity index (χ1) is 11.5. The second-order valence-corrected chi connectivity index (χ2v) is 6.44. The average Bonchev–Trinajstić information content (AvgIpc) is 3.18. The maximum atomic E-state index is 11.8. The van der Waals surface area contributed by atoms with E-state index in [1.165, 1.54) is 7.11 Å². The van der Waals surface area contributed by atoms with E-state index in [9.17, 15) is 4.79 Å². The van der Waals surface area contributed by atoms with Crippen LogP contribution in [0.4, 0.5) is 0 Å². The van der Waals surface area contributed by atoms with Gasteiger partial charge < -0.3 is 19.5 Å². The Morgan fingerprint density at radius 3 is 2.76 bits per heavy atom. The van der Waals surface area contributed by atoms with E-state index >= 15 is 0 Å². The van der Waals surface area contributed by atoms with Gasteiger partial charge in [0.25, 0.3) is 0 Å². The quantitative estimate of drug-likeness (QED) is 0.306. The molecule has 2 rings (SSSR count). The first-order valence-electron chi connectivity index (χ1n) is 8.32. The zero-order valence-electron chi connectivity index (χ0n) is 15.5. The molecule has 0 radical (unpaired) electrons. The smallest absolute Gasteiger partial charge is 0.310 e. The Bertz CT molecular complexity index is 590. The molecule has 2 unspecified atom stereocenters. The molecule has 8 nitrogen and oxygen atoms in total. The molecule has 2 heterocycles. The van der Waals surface area contributed by atoms with Crippen molar-refractivity contribution in [3.05, 3.63) is 11.7 Å². The lowest BCUT2D eigenvalue weighted by atomic mass is 9.99. The number of aliphatic imine (C=N–C) groups is 1. The zero-order valence-corrected chi connectivity index (χ0v) is 17.8. The van der Waals surface area contributed by atoms with E-state index in [-0.39, 0.29) is 47.7 Å². The molecule has 1 N–H and O–H groups in total. The fourth-order valence-electron chi connectivity index (χ4n) is 2.82. The summed E-state index contributed by atoms with van der Waals surface area (Å²) in [6.45, 7) is 8.14. The Morgan fingerprint density at radius 2 is 2.20 bits per heavy atom. The lowest BCUT2D eigenvalue weighted by Gasteiger charge is -2.21. The fraction of sp³-hybridized carbons (Fsp3) is 0.750. The van der Waals surface area contributed by atoms with Crippen LogP contribution in [0.25, 0.3) is 0 Å². The van der Waals surface area contributed by atoms with Gasteiger partial charge >= 0.3 is 5.97 Å². The molecule has 25 heavy (non-hydrogen) atoms. The van der Waals surface area contributed by atoms with Crippen LogP contribution in [-0.4, -0.2) is 60.8 Å². The third-order valence-corrected chi connectivity index (χ3v) is 4.25. The van der Waals surface area contributed by atoms with E-state index in [1.807, 2.05) is 13.8 Å². The van der Waals surface area contributed by atoms with Crippen LogP contribution in [0.15, 0.2) is 9.52 Å². The Labute approximate surface area is 165 Å². The topological polar surface area (TPSA) is 92.9 Å². The highest BCUT2D eigenvalue weighted by Gasteiger charge is 2.36. The highest BCUT2D eigenvalue weighted by molar-refractivity contribution is 14.0. The van der Waals surface area contributed by atoms with Gasteiger partial charge in [0.1, 0.15) is 0 Å². The SMILES string of the molecule is CN=C(NCCc1nc(C(C)C)no1)N1CC(C)C(C(=O)OC)C1.I. The van der Waals surface area contributed by atoms with Gasteiger partial charge in [0.05, 0.1) is 13.0 Å². The highest BCUT2D eigenvalue weighted by Crippen LogP contribution is 2.24. The van der Waals surface area contributed by atoms with Gasteiger partial charge in [-0.25, -0.2) is 0 Å². The number of nitrogens with zero attached hydrogens (tertiary/aromatic N) is 4. The lowest BCUT2D eigenvalue weighted by Crippen LogP contribution is -2.41. The summed E-state index contributed by atoms with van der Waals surface area (Å²) in [6, 6.07) is 0. The van der Waals surface area contributed by atoms with Gasteiger partial charge in [-0.2, -0.15) is 4.98 Å². The van der Waals surface area contributed by atoms with Crippen molar-refractivity contribution in [2.75, 3.05) is 33.8 Å². The third kappa shape index (κ3) is 5.55. The molecule has 1 aliphatic heterocycles. The van der Waals surface area contributed by atoms with E-state index < -0.39 is 0 Å². The van der Waals surface area contributed by atoms with E-state index in [2.05, 4.69) is 32.3 Å². The first-order valence-corrected chi connectivity index (χ1v) is 8.32. The molecule has 1 fully saturated rings. The maximum Gasteiger partial charge on any atom is 0.310 e. The number of ether oxygens (including phenoxy) is 1. The number of aromatic nitrogens is 2. The Hall–Kier alpha value is -1.39. The van der Waals surface area contributed by atoms with E-state index in [1.54, 1.807) is 7.05 Å². The number of methoxy groups -OCH3 is 1. The second-order valence-electron chi connectivity index (χ2n) is 6.44. The minimum atomic E-state index is -0.160. The number of carbonyl (C=O) groups is 1. The number of carbonyl (C=O) groups excluding carboxylic acids is 1. The third-order valence-electron chi connectivity index (χ3n) is 4.25. The molecular formula is C16H28IN5O3. The summed E-state index contributed by atoms with van der Waals surface area (Å²) in [5, 5.41) is 7.25. The van der Waals surface area contributed by atoms with Crippen molar-refractivity contribution in [2.45, 2.75) is 33.1 Å². The Morgan fingerprint density at radius 1 is 1.48 bits per heavy atom. The average molecular weight is 465 g/mol. The van der Waals surface area contributed by atoms with Crippen LogP contribution in [0.3, 0.4) is 0 Å². The molecule has 142 valence electrons. The monoisotopic (exact) mass is 465 g/mol. The maximum absolute atomic E-state index is 11.8. The molecule has 0 aromatic carbocycles. The number of halogens is 1. The fourth-order valence-corrected chi connectivity index (χ4v) is 2.82. The summed E-state index contributed by atoms with van der Waals surface area (Å²) in [5.74, 6) is 2.33. The summed E-state index contributed by atoms with van der Waals surface area (Å²) in [7, 11) is 3.17. The number of nitrogens with one attached hydrogen (secondary N) is 1. The van der Waals surface area contributed by atoms with Gasteiger partial charge in [-0.15, -0.1) is 24.0 Å². The predicted octanol–water partition coefficient (Wildman–Crippen LogP) is 1.67. The summed E-state index contributed by atoms with van der Waals surface area (Å²) in [5.41, 5.74) is 0. The van der Waals surface area contributed by atoms with Crippen molar-refractivity contribution >= 4 is 35.9 Å². The van der Waals surface area contributed by atoms with Gasteiger partial charge in [-0.1, -0.05) is 25.9 Å². The normalized spacial score (nSPS) is 20.6. The molecule has 0 saturated carbocycles. The summed E-state index contributed by atoms with van der Waals surface area (Å²) in [4.78, 5) is 22.5. The molecule has 2 atom stereocenters. The predicted molar refractivity (Wildman–Crippen MR) is 105 cm³/mol. The van der Waals surface area contributed by atoms with Crippen molar-refractivity contribution in [3.8, 4) is 0 Å². The van der Waals surface area contributed by atoms with Crippen molar-refractivity contribution in [2.24, 2.45) is 16.8 Å². The van der Waals surface area contributed by atoms with Crippen molar-refractivity contribution in [1.82, 2.24) is 20.4 Å². The van der Waals surface area contributed by atoms with Crippen LogP contribution in [0.1, 0.15) is 38.4 Å². The van der Waals surface area contributed by atoms with E-state index in [4.69, 9.17) is 9.26 Å². The number of hydrogen-bond acceptors (Lipinski definition) is 6. The summed E-state index contributed by atoms with van der Waals surface area (Å²) < 4.78 is 10.1. The number of guanidine groups is 1. The van der Waals surface area contributed by atoms with Crippen LogP contribution in [0, 0.1) is 11.8 Å². The Balaban J connectivity index is 0.00000312. The molecule has 0 amide bonds. The highest BCUT2D eigenvalue weighted by atomic mass is 127. The number of esters is 1. The van der Waals surface area contributed by atoms with Crippen molar-refractivity contribution < 1.29 is 14.1 Å². The van der Waals surface area contributed by atoms with Crippen LogP contribution in [0.5, 0.6) is 0 Å². The molecule has 1 aromatic rings. The minimum absolute atomic E-state index is 0. The number of likely N-dealkylation sites (tertiary alicyclic amines) is 1. The zero-order chi connectivity index (χ0) is 17.7. The molecular weight excluding hydrogens is 437 g/mol. The van der Waals surface area contributed by atoms with Crippen LogP contribution < -0.4 is 5.32 Å². The van der Waals surface area contributed by atoms with Crippen LogP contribution in [0.2, 0.25) is 0 Å². The van der Waals surface area contributed by atoms with Crippen molar-refractivity contribution in [1.29, 1.82) is 0 Å². The second kappa shape index (κ2) is 9.93. The Kier molecular flexibility index (Phi) is 8.60. The molecule has 1 aromatic heterocycles. The van der Waals surface area contributed by atoms with Gasteiger partial charge in [0.2, 0.25) is 5.89 Å². The molecule has 9 heteroatoms. The molecule has 0 spiro atoms. The van der Waals surface area contributed by atoms with Crippen LogP contribution in [-0.2, 0) is 16.0 Å². The first kappa shape index (κ1) is 21.7. The van der Waals surface area contributed by atoms with Gasteiger partial charge in [0.15, 0.2) is 11.8 Å². The van der Waals surface area contributed by atoms with E-state index in [0.29, 0.717) is 25.4 Å². The van der Waals surface area contributed by atoms with Gasteiger partial charge in [-0.3, -0.25) is 9.79 Å². The van der Waals surface area contributed by atoms with Gasteiger partial charge in [0, 0.05) is 39.0 Å². The standard InChI is InChI=1S/C16H27N5O3.HI/c1-10(2)14-19-13(24-20-14)6-7-18-16(17-4)21-8-11(3)12(9-21)15(22)23-5;/h10-12H,6-9H2,1-5H3,(H,17,18);1H. The van der Waals surface area contributed by atoms with E-state index in [0.717, 1.165) is 18.3 Å². The minimum Gasteiger partial charge on any atom is -0.469 e. The summed E-state index contributed by atoms with van der Waals surface area (Å²) >= 11 is 0. The number of rotatable bonds is 5. The molecule has 1 aliphatic rings. The summed E-state index contributed by atoms with van der Waals surface area (Å²) in [6.07, 6.45) is 0.628. The molecule has 0 bridgehead atoms. The molecule has 0 aliphatic carbocycles. The largest absolute Gasteiger partial charge is 0.469 e.